The molecule has 0 atom stereocenters. The average Bonchev–Trinajstić information content (AvgIpc) is 1.89. The molecule has 0 amide bonds. The second kappa shape index (κ2) is 6.34. The van der Waals surface area contributed by atoms with Crippen LogP contribution < -0.4 is 0 Å². The van der Waals surface area contributed by atoms with Crippen LogP contribution in [0.3, 0.4) is 0 Å². The molecule has 0 spiro atoms. The lowest BCUT2D eigenvalue weighted by Gasteiger charge is -1.89. The van der Waals surface area contributed by atoms with Crippen molar-refractivity contribution in [1.82, 2.24) is 0 Å². The van der Waals surface area contributed by atoms with E-state index in [9.17, 15) is 0 Å². The van der Waals surface area contributed by atoms with Crippen LogP contribution >= 0.6 is 0 Å². The summed E-state index contributed by atoms with van der Waals surface area (Å²) in [5.41, 5.74) is 1.34. The molecule has 0 heteroatoms. The van der Waals surface area contributed by atoms with Crippen molar-refractivity contribution in [2.45, 2.75) is 26.7 Å². The molecule has 0 bridgehead atoms. The lowest BCUT2D eigenvalue weighted by molar-refractivity contribution is 1.04. The smallest absolute Gasteiger partial charge is 0.0310 e. The number of rotatable bonds is 4. The summed E-state index contributed by atoms with van der Waals surface area (Å²) in [6, 6.07) is 0. The number of allylic oxidation sites excluding steroid dienone is 5. The monoisotopic (exact) mass is 136 g/mol. The molecule has 0 aliphatic carbocycles. The summed E-state index contributed by atoms with van der Waals surface area (Å²) < 4.78 is 0. The van der Waals surface area contributed by atoms with Crippen molar-refractivity contribution in [2.75, 3.05) is 0 Å². The third-order valence-corrected chi connectivity index (χ3v) is 1.27. The van der Waals surface area contributed by atoms with E-state index in [-0.39, 0.29) is 0 Å². The molecule has 56 valence electrons. The number of hydrogen-bond donors (Lipinski definition) is 0. The Labute approximate surface area is 64.0 Å². The van der Waals surface area contributed by atoms with Crippen LogP contribution in [0.4, 0.5) is 0 Å². The summed E-state index contributed by atoms with van der Waals surface area (Å²) >= 11 is 0. The van der Waals surface area contributed by atoms with Gasteiger partial charge < -0.3 is 0 Å². The molecule has 0 N–H and O–H groups in total. The normalized spacial score (nSPS) is 12.4. The van der Waals surface area contributed by atoms with E-state index in [0.717, 1.165) is 12.8 Å². The van der Waals surface area contributed by atoms with Crippen molar-refractivity contribution in [3.8, 4) is 0 Å². The number of unbranched alkanes of at least 4 members (excludes halogenated alkanes) is 1. The first-order chi connectivity index (χ1) is 4.81. The third kappa shape index (κ3) is 5.36. The summed E-state index contributed by atoms with van der Waals surface area (Å²) in [6.45, 7) is 7.80. The Morgan fingerprint density at radius 3 is 2.60 bits per heavy atom. The lowest BCUT2D eigenvalue weighted by atomic mass is 10.2. The van der Waals surface area contributed by atoms with Gasteiger partial charge in [0.05, 0.1) is 0 Å². The highest BCUT2D eigenvalue weighted by Gasteiger charge is 1.78. The van der Waals surface area contributed by atoms with Crippen molar-refractivity contribution < 1.29 is 0 Å². The fourth-order valence-corrected chi connectivity index (χ4v) is 0.760. The molecule has 10 heavy (non-hydrogen) atoms. The first kappa shape index (κ1) is 9.22. The van der Waals surface area contributed by atoms with Crippen LogP contribution in [0.2, 0.25) is 0 Å². The van der Waals surface area contributed by atoms with E-state index in [1.54, 1.807) is 0 Å². The molecule has 0 nitrogen and oxygen atoms in total. The second-order valence-corrected chi connectivity index (χ2v) is 2.31. The SMILES string of the molecule is C=CCCC=C(C)C=CC. The Kier molecular flexibility index (Phi) is 5.85. The molecular weight excluding hydrogens is 120 g/mol. The Morgan fingerprint density at radius 1 is 1.40 bits per heavy atom. The van der Waals surface area contributed by atoms with Gasteiger partial charge in [0, 0.05) is 0 Å². The summed E-state index contributed by atoms with van der Waals surface area (Å²) in [5.74, 6) is 0. The van der Waals surface area contributed by atoms with Gasteiger partial charge in [0.2, 0.25) is 0 Å². The van der Waals surface area contributed by atoms with Crippen molar-refractivity contribution in [2.24, 2.45) is 0 Å². The summed E-state index contributed by atoms with van der Waals surface area (Å²) in [6.07, 6.45) is 10.5. The van der Waals surface area contributed by atoms with Crippen molar-refractivity contribution >= 4 is 0 Å². The Morgan fingerprint density at radius 2 is 2.10 bits per heavy atom. The van der Waals surface area contributed by atoms with Gasteiger partial charge in [0.15, 0.2) is 0 Å². The van der Waals surface area contributed by atoms with Crippen LogP contribution in [-0.2, 0) is 0 Å². The maximum atomic E-state index is 3.66. The zero-order valence-electron chi connectivity index (χ0n) is 6.93. The van der Waals surface area contributed by atoms with Crippen LogP contribution in [0, 0.1) is 0 Å². The van der Waals surface area contributed by atoms with Gasteiger partial charge in [-0.15, -0.1) is 6.58 Å². The summed E-state index contributed by atoms with van der Waals surface area (Å²) in [4.78, 5) is 0. The van der Waals surface area contributed by atoms with Gasteiger partial charge in [-0.2, -0.15) is 0 Å². The molecule has 0 aromatic carbocycles. The Balaban J connectivity index is 3.57. The van der Waals surface area contributed by atoms with E-state index >= 15 is 0 Å². The first-order valence-corrected chi connectivity index (χ1v) is 3.71. The van der Waals surface area contributed by atoms with Gasteiger partial charge in [-0.3, -0.25) is 0 Å². The van der Waals surface area contributed by atoms with Gasteiger partial charge in [0.25, 0.3) is 0 Å². The molecule has 0 saturated carbocycles. The Bertz CT molecular complexity index is 138. The largest absolute Gasteiger partial charge is 0.103 e. The van der Waals surface area contributed by atoms with E-state index < -0.39 is 0 Å². The van der Waals surface area contributed by atoms with Gasteiger partial charge in [-0.1, -0.05) is 29.9 Å². The predicted molar refractivity (Wildman–Crippen MR) is 48.0 cm³/mol. The molecule has 0 aromatic rings. The minimum absolute atomic E-state index is 1.08. The quantitative estimate of drug-likeness (QED) is 0.315. The zero-order chi connectivity index (χ0) is 7.82. The fourth-order valence-electron chi connectivity index (χ4n) is 0.760. The first-order valence-electron chi connectivity index (χ1n) is 3.71. The van der Waals surface area contributed by atoms with Gasteiger partial charge in [0.1, 0.15) is 0 Å². The molecule has 0 heterocycles. The van der Waals surface area contributed by atoms with E-state index in [0.29, 0.717) is 0 Å². The van der Waals surface area contributed by atoms with E-state index in [1.807, 2.05) is 13.0 Å². The molecule has 0 aromatic heterocycles. The highest BCUT2D eigenvalue weighted by Crippen LogP contribution is 1.99. The fraction of sp³-hybridized carbons (Fsp3) is 0.400. The summed E-state index contributed by atoms with van der Waals surface area (Å²) in [5, 5.41) is 0. The minimum atomic E-state index is 1.08. The molecule has 0 unspecified atom stereocenters. The van der Waals surface area contributed by atoms with Crippen molar-refractivity contribution in [3.05, 3.63) is 36.5 Å². The molecule has 0 aliphatic rings. The van der Waals surface area contributed by atoms with E-state index in [4.69, 9.17) is 0 Å². The molecule has 0 aliphatic heterocycles. The van der Waals surface area contributed by atoms with Gasteiger partial charge in [-0.25, -0.2) is 0 Å². The highest BCUT2D eigenvalue weighted by molar-refractivity contribution is 5.14. The van der Waals surface area contributed by atoms with E-state index in [1.165, 1.54) is 5.57 Å². The molecular formula is C10H16. The van der Waals surface area contributed by atoms with Gasteiger partial charge >= 0.3 is 0 Å². The van der Waals surface area contributed by atoms with Gasteiger partial charge in [-0.05, 0) is 26.7 Å². The number of hydrogen-bond acceptors (Lipinski definition) is 0. The third-order valence-electron chi connectivity index (χ3n) is 1.27. The molecule has 0 radical (unpaired) electrons. The predicted octanol–water partition coefficient (Wildman–Crippen LogP) is 3.48. The summed E-state index contributed by atoms with van der Waals surface area (Å²) in [7, 11) is 0. The van der Waals surface area contributed by atoms with Crippen LogP contribution in [0.1, 0.15) is 26.7 Å². The lowest BCUT2D eigenvalue weighted by Crippen LogP contribution is -1.68. The van der Waals surface area contributed by atoms with Crippen LogP contribution in [-0.4, -0.2) is 0 Å². The van der Waals surface area contributed by atoms with Crippen molar-refractivity contribution in [1.29, 1.82) is 0 Å². The molecule has 0 fully saturated rings. The minimum Gasteiger partial charge on any atom is -0.103 e. The van der Waals surface area contributed by atoms with Crippen molar-refractivity contribution in [3.63, 3.8) is 0 Å². The molecule has 0 rings (SSSR count). The average molecular weight is 136 g/mol. The topological polar surface area (TPSA) is 0 Å². The van der Waals surface area contributed by atoms with E-state index in [2.05, 4.69) is 31.7 Å². The zero-order valence-corrected chi connectivity index (χ0v) is 6.93. The standard InChI is InChI=1S/C10H16/c1-4-6-7-9-10(3)8-5-2/h4-5,8-9H,1,6-7H2,2-3H3. The highest BCUT2D eigenvalue weighted by atomic mass is 13.9. The van der Waals surface area contributed by atoms with Crippen LogP contribution in [0.5, 0.6) is 0 Å². The second-order valence-electron chi connectivity index (χ2n) is 2.31. The van der Waals surface area contributed by atoms with Crippen LogP contribution in [0.15, 0.2) is 36.5 Å². The maximum absolute atomic E-state index is 3.66. The van der Waals surface area contributed by atoms with Crippen LogP contribution in [0.25, 0.3) is 0 Å². The molecule has 0 saturated heterocycles. The maximum Gasteiger partial charge on any atom is -0.0310 e. The Hall–Kier alpha value is -0.780.